The molecule has 1 aliphatic rings. The van der Waals surface area contributed by atoms with Gasteiger partial charge in [-0.1, -0.05) is 37.3 Å². The van der Waals surface area contributed by atoms with Gasteiger partial charge in [0.15, 0.2) is 6.10 Å². The van der Waals surface area contributed by atoms with Crippen LogP contribution in [0.25, 0.3) is 0 Å². The number of nitrogens with zero attached hydrogens (tertiary/aromatic N) is 2. The van der Waals surface area contributed by atoms with Crippen LogP contribution in [0.4, 0.5) is 0 Å². The van der Waals surface area contributed by atoms with Gasteiger partial charge in [-0.15, -0.1) is 0 Å². The molecule has 0 radical (unpaired) electrons. The summed E-state index contributed by atoms with van der Waals surface area (Å²) in [7, 11) is -1.93. The lowest BCUT2D eigenvalue weighted by Gasteiger charge is -2.29. The van der Waals surface area contributed by atoms with Crippen LogP contribution in [0.1, 0.15) is 42.6 Å². The first-order chi connectivity index (χ1) is 15.2. The number of carbonyl (C=O) groups is 2. The fraction of sp³-hybridized carbons (Fsp3) is 0.417. The molecule has 0 aromatic heterocycles. The third-order valence-corrected chi connectivity index (χ3v) is 7.65. The lowest BCUT2D eigenvalue weighted by Crippen LogP contribution is -2.38. The normalized spacial score (nSPS) is 16.3. The van der Waals surface area contributed by atoms with Crippen molar-refractivity contribution >= 4 is 21.9 Å². The topological polar surface area (TPSA) is 84.0 Å². The van der Waals surface area contributed by atoms with E-state index in [1.807, 2.05) is 30.3 Å². The summed E-state index contributed by atoms with van der Waals surface area (Å²) in [5.41, 5.74) is 1.17. The van der Waals surface area contributed by atoms with Crippen molar-refractivity contribution in [1.82, 2.24) is 9.21 Å². The number of likely N-dealkylation sites (N-methyl/N-ethyl adjacent to an activating group) is 1. The Kier molecular flexibility index (Phi) is 7.69. The molecule has 172 valence electrons. The first kappa shape index (κ1) is 23.9. The van der Waals surface area contributed by atoms with Crippen LogP contribution in [-0.4, -0.2) is 55.7 Å². The second-order valence-corrected chi connectivity index (χ2v) is 10.3. The van der Waals surface area contributed by atoms with Gasteiger partial charge in [-0.05, 0) is 55.5 Å². The maximum absolute atomic E-state index is 12.8. The summed E-state index contributed by atoms with van der Waals surface area (Å²) in [5.74, 6) is -0.467. The fourth-order valence-corrected chi connectivity index (χ4v) is 5.13. The average molecular weight is 459 g/mol. The molecule has 1 heterocycles. The lowest BCUT2D eigenvalue weighted by atomic mass is 10.0. The summed E-state index contributed by atoms with van der Waals surface area (Å²) in [5, 5.41) is 0. The maximum atomic E-state index is 12.8. The number of carbonyl (C=O) groups excluding carboxylic acids is 2. The number of hydrogen-bond acceptors (Lipinski definition) is 5. The Morgan fingerprint density at radius 3 is 2.25 bits per heavy atom. The molecular weight excluding hydrogens is 428 g/mol. The Labute approximate surface area is 190 Å². The van der Waals surface area contributed by atoms with Crippen LogP contribution < -0.4 is 0 Å². The first-order valence-electron chi connectivity index (χ1n) is 10.8. The molecule has 0 bridgehead atoms. The molecule has 0 N–H and O–H groups in total. The Balaban J connectivity index is 1.59. The van der Waals surface area contributed by atoms with Crippen LogP contribution in [-0.2, 0) is 26.1 Å². The molecule has 0 aliphatic carbocycles. The highest BCUT2D eigenvalue weighted by atomic mass is 32.2. The zero-order valence-corrected chi connectivity index (χ0v) is 19.5. The minimum Gasteiger partial charge on any atom is -0.449 e. The predicted octanol–water partition coefficient (Wildman–Crippen LogP) is 3.31. The second-order valence-electron chi connectivity index (χ2n) is 8.34. The molecule has 1 fully saturated rings. The van der Waals surface area contributed by atoms with Gasteiger partial charge in [0.2, 0.25) is 10.0 Å². The summed E-state index contributed by atoms with van der Waals surface area (Å²) < 4.78 is 32.5. The molecule has 1 atom stereocenters. The van der Waals surface area contributed by atoms with Crippen molar-refractivity contribution in [1.29, 1.82) is 0 Å². The smallest absolute Gasteiger partial charge is 0.338 e. The van der Waals surface area contributed by atoms with E-state index in [2.05, 4.69) is 6.92 Å². The van der Waals surface area contributed by atoms with Crippen LogP contribution in [0, 0.1) is 5.92 Å². The van der Waals surface area contributed by atoms with Gasteiger partial charge in [0.1, 0.15) is 0 Å². The molecule has 2 aromatic carbocycles. The number of piperidine rings is 1. The van der Waals surface area contributed by atoms with E-state index >= 15 is 0 Å². The summed E-state index contributed by atoms with van der Waals surface area (Å²) in [6, 6.07) is 15.2. The third kappa shape index (κ3) is 5.75. The highest BCUT2D eigenvalue weighted by Gasteiger charge is 2.28. The van der Waals surface area contributed by atoms with E-state index in [1.165, 1.54) is 40.4 Å². The van der Waals surface area contributed by atoms with Gasteiger partial charge in [-0.2, -0.15) is 4.31 Å². The highest BCUT2D eigenvalue weighted by molar-refractivity contribution is 7.89. The number of esters is 1. The molecule has 3 rings (SSSR count). The minimum absolute atomic E-state index is 0.148. The standard InChI is InChI=1S/C24H30N2O5S/c1-18-13-15-26(16-14-18)32(29,30)22-11-9-21(10-12-22)24(28)31-19(2)23(27)25(3)17-20-7-5-4-6-8-20/h4-12,18-19H,13-17H2,1-3H3. The van der Waals surface area contributed by atoms with Gasteiger partial charge < -0.3 is 9.64 Å². The van der Waals surface area contributed by atoms with Crippen molar-refractivity contribution < 1.29 is 22.7 Å². The lowest BCUT2D eigenvalue weighted by molar-refractivity contribution is -0.139. The monoisotopic (exact) mass is 458 g/mol. The van der Waals surface area contributed by atoms with Gasteiger partial charge in [0.05, 0.1) is 10.5 Å². The van der Waals surface area contributed by atoms with E-state index in [0.29, 0.717) is 25.6 Å². The van der Waals surface area contributed by atoms with Crippen molar-refractivity contribution in [2.45, 2.75) is 44.2 Å². The highest BCUT2D eigenvalue weighted by Crippen LogP contribution is 2.24. The zero-order valence-electron chi connectivity index (χ0n) is 18.7. The molecular formula is C24H30N2O5S. The van der Waals surface area contributed by atoms with Crippen LogP contribution in [0.3, 0.4) is 0 Å². The van der Waals surface area contributed by atoms with Gasteiger partial charge in [-0.25, -0.2) is 13.2 Å². The van der Waals surface area contributed by atoms with Gasteiger partial charge in [-0.3, -0.25) is 4.79 Å². The second kappa shape index (κ2) is 10.3. The third-order valence-electron chi connectivity index (χ3n) is 5.74. The molecule has 32 heavy (non-hydrogen) atoms. The SMILES string of the molecule is CC1CCN(S(=O)(=O)c2ccc(C(=O)OC(C)C(=O)N(C)Cc3ccccc3)cc2)CC1. The Bertz CT molecular complexity index is 1030. The van der Waals surface area contributed by atoms with Crippen molar-refractivity contribution in [2.75, 3.05) is 20.1 Å². The number of sulfonamides is 1. The first-order valence-corrected chi connectivity index (χ1v) is 12.2. The summed E-state index contributed by atoms with van der Waals surface area (Å²) in [6.07, 6.45) is 0.720. The minimum atomic E-state index is -3.58. The van der Waals surface area contributed by atoms with Crippen LogP contribution in [0.15, 0.2) is 59.5 Å². The van der Waals surface area contributed by atoms with Crippen molar-refractivity contribution in [3.63, 3.8) is 0 Å². The fourth-order valence-electron chi connectivity index (χ4n) is 3.66. The molecule has 1 unspecified atom stereocenters. The van der Waals surface area contributed by atoms with E-state index < -0.39 is 22.1 Å². The van der Waals surface area contributed by atoms with Crippen molar-refractivity contribution in [2.24, 2.45) is 5.92 Å². The number of benzene rings is 2. The van der Waals surface area contributed by atoms with Crippen LogP contribution in [0.2, 0.25) is 0 Å². The van der Waals surface area contributed by atoms with Gasteiger partial charge in [0.25, 0.3) is 5.91 Å². The number of rotatable bonds is 7. The van der Waals surface area contributed by atoms with E-state index in [0.717, 1.165) is 18.4 Å². The number of amides is 1. The summed E-state index contributed by atoms with van der Waals surface area (Å²) >= 11 is 0. The quantitative estimate of drug-likeness (QED) is 0.595. The zero-order chi connectivity index (χ0) is 23.3. The van der Waals surface area contributed by atoms with E-state index in [9.17, 15) is 18.0 Å². The molecule has 7 nitrogen and oxygen atoms in total. The Morgan fingerprint density at radius 2 is 1.66 bits per heavy atom. The summed E-state index contributed by atoms with van der Waals surface area (Å²) in [6.45, 7) is 5.06. The predicted molar refractivity (Wildman–Crippen MR) is 121 cm³/mol. The van der Waals surface area contributed by atoms with E-state index in [1.54, 1.807) is 7.05 Å². The Morgan fingerprint density at radius 1 is 1.06 bits per heavy atom. The molecule has 2 aromatic rings. The van der Waals surface area contributed by atoms with E-state index in [4.69, 9.17) is 4.74 Å². The molecule has 1 aliphatic heterocycles. The van der Waals surface area contributed by atoms with Gasteiger partial charge in [0, 0.05) is 26.7 Å². The molecule has 0 spiro atoms. The van der Waals surface area contributed by atoms with Crippen molar-refractivity contribution in [3.05, 3.63) is 65.7 Å². The van der Waals surface area contributed by atoms with Crippen LogP contribution >= 0.6 is 0 Å². The molecule has 0 saturated carbocycles. The van der Waals surface area contributed by atoms with Crippen molar-refractivity contribution in [3.8, 4) is 0 Å². The largest absolute Gasteiger partial charge is 0.449 e. The number of hydrogen-bond donors (Lipinski definition) is 0. The molecule has 8 heteroatoms. The van der Waals surface area contributed by atoms with Crippen LogP contribution in [0.5, 0.6) is 0 Å². The maximum Gasteiger partial charge on any atom is 0.338 e. The average Bonchev–Trinajstić information content (AvgIpc) is 2.79. The molecule has 1 amide bonds. The summed E-state index contributed by atoms with van der Waals surface area (Å²) in [4.78, 5) is 26.7. The Hall–Kier alpha value is -2.71. The van der Waals surface area contributed by atoms with E-state index in [-0.39, 0.29) is 16.4 Å². The van der Waals surface area contributed by atoms with Gasteiger partial charge >= 0.3 is 5.97 Å². The number of ether oxygens (including phenoxy) is 1. The molecule has 1 saturated heterocycles.